The van der Waals surface area contributed by atoms with E-state index in [4.69, 9.17) is 5.11 Å². The van der Waals surface area contributed by atoms with Crippen LogP contribution in [0.15, 0.2) is 0 Å². The van der Waals surface area contributed by atoms with Crippen LogP contribution in [-0.4, -0.2) is 35.1 Å². The summed E-state index contributed by atoms with van der Waals surface area (Å²) in [6, 6.07) is -0.757. The van der Waals surface area contributed by atoms with Gasteiger partial charge < -0.3 is 5.11 Å². The lowest BCUT2D eigenvalue weighted by Gasteiger charge is -2.23. The average Bonchev–Trinajstić information content (AvgIpc) is 2.16. The molecular formula is C10H20N2O3. The van der Waals surface area contributed by atoms with Crippen LogP contribution in [0.5, 0.6) is 0 Å². The Morgan fingerprint density at radius 1 is 1.40 bits per heavy atom. The number of hydrogen-bond acceptors (Lipinski definition) is 3. The van der Waals surface area contributed by atoms with Crippen LogP contribution in [-0.2, 0) is 9.59 Å². The Kier molecular flexibility index (Phi) is 5.93. The lowest BCUT2D eigenvalue weighted by atomic mass is 10.1. The minimum Gasteiger partial charge on any atom is -0.480 e. The number of carbonyl (C=O) groups is 2. The number of amides is 1. The Labute approximate surface area is 90.4 Å². The second-order valence-corrected chi connectivity index (χ2v) is 3.78. The molecule has 5 heteroatoms. The van der Waals surface area contributed by atoms with E-state index in [-0.39, 0.29) is 11.8 Å². The van der Waals surface area contributed by atoms with Crippen molar-refractivity contribution in [2.45, 2.75) is 39.7 Å². The molecule has 88 valence electrons. The van der Waals surface area contributed by atoms with Gasteiger partial charge in [-0.3, -0.25) is 14.6 Å². The predicted molar refractivity (Wildman–Crippen MR) is 57.1 cm³/mol. The molecule has 0 fully saturated rings. The van der Waals surface area contributed by atoms with E-state index < -0.39 is 12.0 Å². The van der Waals surface area contributed by atoms with Crippen LogP contribution in [0.2, 0.25) is 0 Å². The topological polar surface area (TPSA) is 69.6 Å². The molecule has 0 aliphatic carbocycles. The van der Waals surface area contributed by atoms with Crippen LogP contribution in [0.1, 0.15) is 33.6 Å². The molecule has 0 bridgehead atoms. The minimum absolute atomic E-state index is 0.0755. The predicted octanol–water partition coefficient (Wildman–Crippen LogP) is 0.859. The van der Waals surface area contributed by atoms with Gasteiger partial charge in [0.05, 0.1) is 0 Å². The van der Waals surface area contributed by atoms with Gasteiger partial charge in [-0.05, 0) is 13.3 Å². The summed E-state index contributed by atoms with van der Waals surface area (Å²) in [5, 5.41) is 9.92. The minimum atomic E-state index is -0.974. The lowest BCUT2D eigenvalue weighted by Crippen LogP contribution is -2.49. The number of aliphatic carboxylic acids is 1. The maximum Gasteiger partial charge on any atom is 0.322 e. The highest BCUT2D eigenvalue weighted by Crippen LogP contribution is 2.07. The van der Waals surface area contributed by atoms with Gasteiger partial charge >= 0.3 is 5.97 Å². The third-order valence-corrected chi connectivity index (χ3v) is 2.23. The maximum absolute atomic E-state index is 11.7. The van der Waals surface area contributed by atoms with Gasteiger partial charge in [-0.15, -0.1) is 0 Å². The number of carboxylic acid groups (broad SMARTS) is 1. The van der Waals surface area contributed by atoms with Crippen molar-refractivity contribution < 1.29 is 14.7 Å². The van der Waals surface area contributed by atoms with E-state index in [1.54, 1.807) is 7.05 Å². The van der Waals surface area contributed by atoms with Gasteiger partial charge in [0.25, 0.3) is 0 Å². The number of nitrogens with one attached hydrogen (secondary N) is 1. The van der Waals surface area contributed by atoms with Crippen LogP contribution in [0.25, 0.3) is 0 Å². The van der Waals surface area contributed by atoms with Gasteiger partial charge in [-0.1, -0.05) is 20.3 Å². The first-order chi connectivity index (χ1) is 6.90. The highest BCUT2D eigenvalue weighted by atomic mass is 16.4. The molecule has 1 amide bonds. The molecule has 0 aromatic carbocycles. The normalized spacial score (nSPS) is 14.4. The zero-order valence-electron chi connectivity index (χ0n) is 9.78. The summed E-state index contributed by atoms with van der Waals surface area (Å²) in [7, 11) is 1.55. The van der Waals surface area contributed by atoms with Gasteiger partial charge in [-0.2, -0.15) is 0 Å². The molecule has 2 atom stereocenters. The summed E-state index contributed by atoms with van der Waals surface area (Å²) in [4.78, 5) is 22.2. The van der Waals surface area contributed by atoms with Crippen molar-refractivity contribution in [2.24, 2.45) is 5.92 Å². The molecule has 0 saturated carbocycles. The van der Waals surface area contributed by atoms with E-state index in [1.165, 1.54) is 11.9 Å². The van der Waals surface area contributed by atoms with Crippen LogP contribution in [0.4, 0.5) is 0 Å². The number of carboxylic acids is 1. The third-order valence-electron chi connectivity index (χ3n) is 2.23. The first-order valence-electron chi connectivity index (χ1n) is 5.16. The van der Waals surface area contributed by atoms with Gasteiger partial charge in [0.2, 0.25) is 5.91 Å². The summed E-state index contributed by atoms with van der Waals surface area (Å²) in [5.74, 6) is -1.13. The van der Waals surface area contributed by atoms with Crippen LogP contribution < -0.4 is 5.43 Å². The highest BCUT2D eigenvalue weighted by molar-refractivity contribution is 5.79. The van der Waals surface area contributed by atoms with Gasteiger partial charge in [0.1, 0.15) is 6.04 Å². The molecule has 0 heterocycles. The summed E-state index contributed by atoms with van der Waals surface area (Å²) >= 11 is 0. The molecule has 5 nitrogen and oxygen atoms in total. The van der Waals surface area contributed by atoms with E-state index in [1.807, 2.05) is 13.8 Å². The van der Waals surface area contributed by atoms with Crippen molar-refractivity contribution in [3.05, 3.63) is 0 Å². The van der Waals surface area contributed by atoms with Crippen molar-refractivity contribution in [2.75, 3.05) is 7.05 Å². The Morgan fingerprint density at radius 2 is 1.93 bits per heavy atom. The van der Waals surface area contributed by atoms with Crippen LogP contribution in [0.3, 0.4) is 0 Å². The first kappa shape index (κ1) is 13.9. The fraction of sp³-hybridized carbons (Fsp3) is 0.800. The molecule has 0 rings (SSSR count). The summed E-state index contributed by atoms with van der Waals surface area (Å²) in [6.45, 7) is 5.35. The first-order valence-corrected chi connectivity index (χ1v) is 5.16. The molecule has 0 aliphatic heterocycles. The molecule has 0 aromatic rings. The average molecular weight is 216 g/mol. The zero-order valence-corrected chi connectivity index (χ0v) is 9.78. The second-order valence-electron chi connectivity index (χ2n) is 3.78. The SMILES string of the molecule is CCCC(C)C(=O)N(C)NC(C)C(=O)O. The molecule has 0 saturated heterocycles. The smallest absolute Gasteiger partial charge is 0.322 e. The molecule has 15 heavy (non-hydrogen) atoms. The Morgan fingerprint density at radius 3 is 2.33 bits per heavy atom. The fourth-order valence-electron chi connectivity index (χ4n) is 1.30. The van der Waals surface area contributed by atoms with E-state index >= 15 is 0 Å². The standard InChI is InChI=1S/C10H20N2O3/c1-5-6-7(2)9(13)12(4)11-8(3)10(14)15/h7-8,11H,5-6H2,1-4H3,(H,14,15). The van der Waals surface area contributed by atoms with E-state index in [0.717, 1.165) is 12.8 Å². The van der Waals surface area contributed by atoms with Crippen LogP contribution >= 0.6 is 0 Å². The molecule has 2 N–H and O–H groups in total. The second kappa shape index (κ2) is 6.40. The Bertz CT molecular complexity index is 231. The lowest BCUT2D eigenvalue weighted by molar-refractivity contribution is -0.144. The fourth-order valence-corrected chi connectivity index (χ4v) is 1.30. The van der Waals surface area contributed by atoms with Crippen molar-refractivity contribution in [3.63, 3.8) is 0 Å². The largest absolute Gasteiger partial charge is 0.480 e. The highest BCUT2D eigenvalue weighted by Gasteiger charge is 2.20. The molecular weight excluding hydrogens is 196 g/mol. The number of rotatable bonds is 6. The quantitative estimate of drug-likeness (QED) is 0.646. The van der Waals surface area contributed by atoms with Crippen molar-refractivity contribution in [1.82, 2.24) is 10.4 Å². The monoisotopic (exact) mass is 216 g/mol. The van der Waals surface area contributed by atoms with Crippen molar-refractivity contribution >= 4 is 11.9 Å². The number of hydrogen-bond donors (Lipinski definition) is 2. The van der Waals surface area contributed by atoms with Gasteiger partial charge in [0, 0.05) is 13.0 Å². The zero-order chi connectivity index (χ0) is 12.0. The van der Waals surface area contributed by atoms with E-state index in [0.29, 0.717) is 0 Å². The molecule has 0 aliphatic rings. The van der Waals surface area contributed by atoms with Crippen molar-refractivity contribution in [1.29, 1.82) is 0 Å². The number of carbonyl (C=O) groups excluding carboxylic acids is 1. The Balaban J connectivity index is 4.14. The molecule has 0 radical (unpaired) electrons. The van der Waals surface area contributed by atoms with Crippen LogP contribution in [0, 0.1) is 5.92 Å². The molecule has 2 unspecified atom stereocenters. The summed E-state index contributed by atoms with van der Waals surface area (Å²) in [6.07, 6.45) is 1.75. The molecule has 0 aromatic heterocycles. The van der Waals surface area contributed by atoms with Crippen molar-refractivity contribution in [3.8, 4) is 0 Å². The Hall–Kier alpha value is -1.10. The third kappa shape index (κ3) is 4.78. The number of hydrazine groups is 1. The van der Waals surface area contributed by atoms with Gasteiger partial charge in [-0.25, -0.2) is 5.43 Å². The van der Waals surface area contributed by atoms with E-state index in [9.17, 15) is 9.59 Å². The van der Waals surface area contributed by atoms with Gasteiger partial charge in [0.15, 0.2) is 0 Å². The number of nitrogens with zero attached hydrogens (tertiary/aromatic N) is 1. The molecule has 0 spiro atoms. The van der Waals surface area contributed by atoms with E-state index in [2.05, 4.69) is 5.43 Å². The maximum atomic E-state index is 11.7. The summed E-state index contributed by atoms with van der Waals surface area (Å²) in [5.41, 5.74) is 2.60. The summed E-state index contributed by atoms with van der Waals surface area (Å²) < 4.78 is 0.